The fraction of sp³-hybridized carbons (Fsp3) is 0.600. The number of aliphatic hydroxyl groups is 1. The maximum Gasteiger partial charge on any atom is 0.126 e. The molecular formula is C15H22FNO. The smallest absolute Gasteiger partial charge is 0.126 e. The van der Waals surface area contributed by atoms with Crippen molar-refractivity contribution in [3.8, 4) is 0 Å². The lowest BCUT2D eigenvalue weighted by Gasteiger charge is -2.39. The van der Waals surface area contributed by atoms with Crippen LogP contribution in [0.1, 0.15) is 31.7 Å². The quantitative estimate of drug-likeness (QED) is 0.889. The van der Waals surface area contributed by atoms with Gasteiger partial charge in [-0.3, -0.25) is 4.90 Å². The van der Waals surface area contributed by atoms with E-state index in [1.54, 1.807) is 6.07 Å². The van der Waals surface area contributed by atoms with Crippen molar-refractivity contribution < 1.29 is 9.50 Å². The maximum absolute atomic E-state index is 13.6. The van der Waals surface area contributed by atoms with Gasteiger partial charge in [-0.25, -0.2) is 4.39 Å². The van der Waals surface area contributed by atoms with Crippen molar-refractivity contribution in [2.75, 3.05) is 13.2 Å². The van der Waals surface area contributed by atoms with Crippen LogP contribution < -0.4 is 0 Å². The largest absolute Gasteiger partial charge is 0.395 e. The van der Waals surface area contributed by atoms with Gasteiger partial charge in [0.1, 0.15) is 5.82 Å². The summed E-state index contributed by atoms with van der Waals surface area (Å²) in [4.78, 5) is 2.33. The number of piperidine rings is 1. The molecule has 0 aliphatic carbocycles. The van der Waals surface area contributed by atoms with Crippen LogP contribution >= 0.6 is 0 Å². The van der Waals surface area contributed by atoms with E-state index in [-0.39, 0.29) is 24.5 Å². The third-order valence-electron chi connectivity index (χ3n) is 3.92. The van der Waals surface area contributed by atoms with Crippen molar-refractivity contribution in [3.63, 3.8) is 0 Å². The Balaban J connectivity index is 2.02. The van der Waals surface area contributed by atoms with Gasteiger partial charge in [-0.1, -0.05) is 24.6 Å². The number of halogens is 1. The molecule has 1 N–H and O–H groups in total. The first-order valence-corrected chi connectivity index (χ1v) is 6.82. The molecule has 2 rings (SSSR count). The van der Waals surface area contributed by atoms with Gasteiger partial charge in [0.15, 0.2) is 0 Å². The molecule has 1 fully saturated rings. The van der Waals surface area contributed by atoms with Crippen molar-refractivity contribution in [2.45, 2.75) is 44.7 Å². The highest BCUT2D eigenvalue weighted by Crippen LogP contribution is 2.21. The van der Waals surface area contributed by atoms with Gasteiger partial charge in [0.05, 0.1) is 6.61 Å². The zero-order chi connectivity index (χ0) is 13.0. The zero-order valence-electron chi connectivity index (χ0n) is 11.0. The molecule has 1 aromatic carbocycles. The Hall–Kier alpha value is -0.930. The second kappa shape index (κ2) is 6.30. The maximum atomic E-state index is 13.6. The van der Waals surface area contributed by atoms with Crippen LogP contribution in [0.5, 0.6) is 0 Å². The molecule has 1 aliphatic heterocycles. The summed E-state index contributed by atoms with van der Waals surface area (Å²) in [5.41, 5.74) is 0.771. The van der Waals surface area contributed by atoms with Crippen molar-refractivity contribution in [2.24, 2.45) is 0 Å². The minimum Gasteiger partial charge on any atom is -0.395 e. The highest BCUT2D eigenvalue weighted by Gasteiger charge is 2.26. The van der Waals surface area contributed by atoms with Crippen LogP contribution in [0.3, 0.4) is 0 Å². The monoisotopic (exact) mass is 251 g/mol. The summed E-state index contributed by atoms with van der Waals surface area (Å²) in [6, 6.07) is 7.50. The van der Waals surface area contributed by atoms with Gasteiger partial charge >= 0.3 is 0 Å². The summed E-state index contributed by atoms with van der Waals surface area (Å²) in [6.45, 7) is 3.35. The Morgan fingerprint density at radius 3 is 2.89 bits per heavy atom. The van der Waals surface area contributed by atoms with Crippen LogP contribution in [-0.4, -0.2) is 35.2 Å². The van der Waals surface area contributed by atoms with Gasteiger partial charge in [-0.2, -0.15) is 0 Å². The van der Waals surface area contributed by atoms with E-state index < -0.39 is 0 Å². The first kappa shape index (κ1) is 13.5. The van der Waals surface area contributed by atoms with Crippen LogP contribution in [0.2, 0.25) is 0 Å². The minimum absolute atomic E-state index is 0.123. The number of benzene rings is 1. The first-order chi connectivity index (χ1) is 8.72. The van der Waals surface area contributed by atoms with E-state index in [0.717, 1.165) is 18.5 Å². The Morgan fingerprint density at radius 2 is 2.17 bits per heavy atom. The molecule has 1 saturated heterocycles. The van der Waals surface area contributed by atoms with Crippen LogP contribution in [0, 0.1) is 5.82 Å². The summed E-state index contributed by atoms with van der Waals surface area (Å²) in [6.07, 6.45) is 4.13. The van der Waals surface area contributed by atoms with Gasteiger partial charge in [0.2, 0.25) is 0 Å². The number of rotatable bonds is 4. The molecule has 0 unspecified atom stereocenters. The third-order valence-corrected chi connectivity index (χ3v) is 3.92. The lowest BCUT2D eigenvalue weighted by molar-refractivity contribution is 0.0589. The van der Waals surface area contributed by atoms with E-state index in [1.807, 2.05) is 12.1 Å². The topological polar surface area (TPSA) is 23.5 Å². The molecule has 18 heavy (non-hydrogen) atoms. The molecule has 2 atom stereocenters. The first-order valence-electron chi connectivity index (χ1n) is 6.82. The van der Waals surface area contributed by atoms with Crippen molar-refractivity contribution in [1.82, 2.24) is 4.90 Å². The highest BCUT2D eigenvalue weighted by molar-refractivity contribution is 5.18. The molecule has 0 saturated carbocycles. The molecule has 0 aromatic heterocycles. The average molecular weight is 251 g/mol. The van der Waals surface area contributed by atoms with Crippen LogP contribution in [0.15, 0.2) is 24.3 Å². The number of nitrogens with zero attached hydrogens (tertiary/aromatic N) is 1. The van der Waals surface area contributed by atoms with E-state index in [2.05, 4.69) is 11.8 Å². The second-order valence-corrected chi connectivity index (χ2v) is 5.21. The van der Waals surface area contributed by atoms with E-state index in [9.17, 15) is 9.50 Å². The highest BCUT2D eigenvalue weighted by atomic mass is 19.1. The Morgan fingerprint density at radius 1 is 1.39 bits per heavy atom. The fourth-order valence-electron chi connectivity index (χ4n) is 2.90. The molecular weight excluding hydrogens is 229 g/mol. The van der Waals surface area contributed by atoms with Gasteiger partial charge < -0.3 is 5.11 Å². The van der Waals surface area contributed by atoms with Crippen LogP contribution in [0.4, 0.5) is 4.39 Å². The van der Waals surface area contributed by atoms with Gasteiger partial charge in [-0.15, -0.1) is 0 Å². The summed E-state index contributed by atoms with van der Waals surface area (Å²) in [7, 11) is 0. The van der Waals surface area contributed by atoms with Gasteiger partial charge in [-0.05, 0) is 44.4 Å². The van der Waals surface area contributed by atoms with Crippen LogP contribution in [0.25, 0.3) is 0 Å². The summed E-state index contributed by atoms with van der Waals surface area (Å²) in [5.74, 6) is -0.123. The molecule has 2 nitrogen and oxygen atoms in total. The predicted molar refractivity (Wildman–Crippen MR) is 71.0 cm³/mol. The molecule has 100 valence electrons. The Kier molecular flexibility index (Phi) is 4.72. The second-order valence-electron chi connectivity index (χ2n) is 5.21. The summed E-state index contributed by atoms with van der Waals surface area (Å²) >= 11 is 0. The van der Waals surface area contributed by atoms with E-state index in [4.69, 9.17) is 0 Å². The summed E-state index contributed by atoms with van der Waals surface area (Å²) in [5, 5.41) is 9.42. The van der Waals surface area contributed by atoms with E-state index in [0.29, 0.717) is 6.42 Å². The predicted octanol–water partition coefficient (Wildman–Crippen LogP) is 2.60. The molecule has 0 radical (unpaired) electrons. The Bertz CT molecular complexity index is 383. The van der Waals surface area contributed by atoms with Crippen molar-refractivity contribution in [1.29, 1.82) is 0 Å². The molecule has 1 aliphatic rings. The van der Waals surface area contributed by atoms with Gasteiger partial charge in [0, 0.05) is 12.1 Å². The van der Waals surface area contributed by atoms with E-state index in [1.165, 1.54) is 18.9 Å². The van der Waals surface area contributed by atoms with Gasteiger partial charge in [0.25, 0.3) is 0 Å². The molecule has 1 aromatic rings. The molecule has 0 spiro atoms. The molecule has 1 heterocycles. The number of hydrogen-bond donors (Lipinski definition) is 1. The number of aliphatic hydroxyl groups excluding tert-OH is 1. The Labute approximate surface area is 108 Å². The van der Waals surface area contributed by atoms with E-state index >= 15 is 0 Å². The summed E-state index contributed by atoms with van der Waals surface area (Å²) < 4.78 is 13.6. The van der Waals surface area contributed by atoms with Crippen molar-refractivity contribution >= 4 is 0 Å². The average Bonchev–Trinajstić information content (AvgIpc) is 2.41. The lowest BCUT2D eigenvalue weighted by atomic mass is 9.97. The third kappa shape index (κ3) is 3.09. The molecule has 3 heteroatoms. The lowest BCUT2D eigenvalue weighted by Crippen LogP contribution is -2.47. The molecule has 0 bridgehead atoms. The normalized spacial score (nSPS) is 22.9. The zero-order valence-corrected chi connectivity index (χ0v) is 11.0. The van der Waals surface area contributed by atoms with Crippen molar-refractivity contribution in [3.05, 3.63) is 35.6 Å². The SMILES string of the molecule is C[C@H](Cc1ccccc1F)N1CCCC[C@H]1CO. The standard InChI is InChI=1S/C15H22FNO/c1-12(10-13-6-2-3-8-15(13)16)17-9-5-4-7-14(17)11-18/h2-3,6,8,12,14,18H,4-5,7,9-11H2,1H3/t12-,14+/m1/s1. The minimum atomic E-state index is -0.123. The number of likely N-dealkylation sites (tertiary alicyclic amines) is 1. The fourth-order valence-corrected chi connectivity index (χ4v) is 2.90. The molecule has 0 amide bonds. The number of hydrogen-bond acceptors (Lipinski definition) is 2. The van der Waals surface area contributed by atoms with Crippen LogP contribution in [-0.2, 0) is 6.42 Å².